The van der Waals surface area contributed by atoms with Gasteiger partial charge in [-0.3, -0.25) is 0 Å². The van der Waals surface area contributed by atoms with Crippen LogP contribution in [0.25, 0.3) is 11.0 Å². The van der Waals surface area contributed by atoms with E-state index in [4.69, 9.17) is 18.6 Å². The van der Waals surface area contributed by atoms with E-state index in [1.807, 2.05) is 0 Å². The lowest BCUT2D eigenvalue weighted by atomic mass is 9.99. The first-order chi connectivity index (χ1) is 12.4. The number of phenols is 1. The fourth-order valence-corrected chi connectivity index (χ4v) is 2.70. The fraction of sp³-hybridized carbons (Fsp3) is 0.438. The predicted molar refractivity (Wildman–Crippen MR) is 85.1 cm³/mol. The van der Waals surface area contributed by atoms with E-state index in [9.17, 15) is 30.3 Å². The average Bonchev–Trinajstić information content (AvgIpc) is 2.64. The number of hydrogen-bond acceptors (Lipinski definition) is 10. The van der Waals surface area contributed by atoms with E-state index >= 15 is 0 Å². The summed E-state index contributed by atoms with van der Waals surface area (Å²) in [6.07, 6.45) is -7.63. The van der Waals surface area contributed by atoms with Crippen LogP contribution in [0, 0.1) is 0 Å². The molecule has 1 saturated heterocycles. The minimum Gasteiger partial charge on any atom is -0.502 e. The van der Waals surface area contributed by atoms with Gasteiger partial charge < -0.3 is 44.2 Å². The molecule has 10 nitrogen and oxygen atoms in total. The molecule has 0 spiro atoms. The molecule has 0 amide bonds. The van der Waals surface area contributed by atoms with Gasteiger partial charge in [-0.2, -0.15) is 0 Å². The van der Waals surface area contributed by atoms with E-state index in [0.29, 0.717) is 5.39 Å². The van der Waals surface area contributed by atoms with Crippen molar-refractivity contribution in [2.75, 3.05) is 13.7 Å². The molecule has 26 heavy (non-hydrogen) atoms. The Hall–Kier alpha value is -2.37. The molecule has 1 aromatic carbocycles. The second-order valence-corrected chi connectivity index (χ2v) is 5.74. The van der Waals surface area contributed by atoms with Crippen molar-refractivity contribution < 1.29 is 44.2 Å². The Balaban J connectivity index is 2.02. The Morgan fingerprint density at radius 3 is 2.54 bits per heavy atom. The van der Waals surface area contributed by atoms with Gasteiger partial charge in [-0.25, -0.2) is 4.79 Å². The van der Waals surface area contributed by atoms with Gasteiger partial charge in [0, 0.05) is 11.5 Å². The van der Waals surface area contributed by atoms with Crippen LogP contribution in [0.15, 0.2) is 27.4 Å². The smallest absolute Gasteiger partial charge is 0.336 e. The monoisotopic (exact) mass is 370 g/mol. The number of phenolic OH excluding ortho intramolecular Hbond substituents is 1. The van der Waals surface area contributed by atoms with E-state index in [0.717, 1.165) is 0 Å². The van der Waals surface area contributed by atoms with Crippen molar-refractivity contribution >= 4 is 11.0 Å². The van der Waals surface area contributed by atoms with Crippen molar-refractivity contribution in [3.05, 3.63) is 28.6 Å². The van der Waals surface area contributed by atoms with Gasteiger partial charge in [0.05, 0.1) is 13.7 Å². The normalized spacial score (nSPS) is 28.9. The molecule has 1 fully saturated rings. The third-order valence-corrected chi connectivity index (χ3v) is 4.11. The van der Waals surface area contributed by atoms with Gasteiger partial charge >= 0.3 is 5.63 Å². The first-order valence-electron chi connectivity index (χ1n) is 7.68. The molecule has 2 aromatic rings. The number of hydrogen-bond donors (Lipinski definition) is 5. The minimum absolute atomic E-state index is 0.0424. The number of methoxy groups -OCH3 is 1. The Bertz CT molecular complexity index is 845. The molecule has 1 aliphatic rings. The number of aliphatic hydroxyl groups is 4. The number of aromatic hydroxyl groups is 1. The van der Waals surface area contributed by atoms with Crippen LogP contribution in [0.5, 0.6) is 17.2 Å². The molecule has 142 valence electrons. The molecule has 0 radical (unpaired) electrons. The summed E-state index contributed by atoms with van der Waals surface area (Å²) in [6, 6.07) is 4.01. The van der Waals surface area contributed by atoms with Crippen LogP contribution >= 0.6 is 0 Å². The summed E-state index contributed by atoms with van der Waals surface area (Å²) in [6.45, 7) is -0.638. The molecule has 1 aliphatic heterocycles. The number of fused-ring (bicyclic) bond motifs is 1. The first-order valence-corrected chi connectivity index (χ1v) is 7.68. The van der Waals surface area contributed by atoms with Crippen molar-refractivity contribution in [3.8, 4) is 17.2 Å². The zero-order valence-corrected chi connectivity index (χ0v) is 13.6. The van der Waals surface area contributed by atoms with Crippen molar-refractivity contribution in [3.63, 3.8) is 0 Å². The summed E-state index contributed by atoms with van der Waals surface area (Å²) in [4.78, 5) is 11.4. The molecule has 5 atom stereocenters. The van der Waals surface area contributed by atoms with Crippen molar-refractivity contribution in [2.45, 2.75) is 30.7 Å². The van der Waals surface area contributed by atoms with Crippen LogP contribution in [-0.2, 0) is 4.74 Å². The molecule has 0 aliphatic carbocycles. The molecular weight excluding hydrogens is 352 g/mol. The molecule has 1 aromatic heterocycles. The lowest BCUT2D eigenvalue weighted by molar-refractivity contribution is -0.277. The van der Waals surface area contributed by atoms with E-state index in [1.165, 1.54) is 25.3 Å². The Labute approximate surface area is 146 Å². The molecule has 0 unspecified atom stereocenters. The summed E-state index contributed by atoms with van der Waals surface area (Å²) in [7, 11) is 1.31. The molecular formula is C16H18O10. The minimum atomic E-state index is -1.68. The van der Waals surface area contributed by atoms with Crippen molar-refractivity contribution in [1.29, 1.82) is 0 Å². The average molecular weight is 370 g/mol. The largest absolute Gasteiger partial charge is 0.502 e. The SMILES string of the molecule is COc1cc2ccc(=O)oc2c(O)c1O[C@H]1O[C@H](CO)[C@@H](O)[C@H](O)[C@H]1O. The fourth-order valence-electron chi connectivity index (χ4n) is 2.70. The quantitative estimate of drug-likeness (QED) is 0.409. The highest BCUT2D eigenvalue weighted by atomic mass is 16.7. The zero-order chi connectivity index (χ0) is 19.0. The number of benzene rings is 1. The van der Waals surface area contributed by atoms with Gasteiger partial charge in [0.15, 0.2) is 11.3 Å². The van der Waals surface area contributed by atoms with Gasteiger partial charge in [0.1, 0.15) is 24.4 Å². The summed E-state index contributed by atoms with van der Waals surface area (Å²) in [5.74, 6) is -0.839. The molecule has 0 bridgehead atoms. The molecule has 3 rings (SSSR count). The third kappa shape index (κ3) is 3.08. The Kier molecular flexibility index (Phi) is 5.03. The standard InChI is InChI=1S/C16H18O10/c1-23-7-4-6-2-3-9(18)25-14(6)13(22)15(7)26-16-12(21)11(20)10(19)8(5-17)24-16/h2-4,8,10-12,16-17,19-22H,5H2,1H3/t8-,10-,11+,12-,16-/m1/s1. The molecule has 10 heteroatoms. The number of rotatable bonds is 4. The summed E-state index contributed by atoms with van der Waals surface area (Å²) < 4.78 is 20.8. The highest BCUT2D eigenvalue weighted by molar-refractivity contribution is 5.87. The van der Waals surface area contributed by atoms with Gasteiger partial charge in [-0.05, 0) is 12.1 Å². The maximum Gasteiger partial charge on any atom is 0.336 e. The van der Waals surface area contributed by atoms with Crippen LogP contribution in [0.2, 0.25) is 0 Å². The van der Waals surface area contributed by atoms with Crippen LogP contribution in [-0.4, -0.2) is 70.0 Å². The van der Waals surface area contributed by atoms with Crippen LogP contribution in [0.4, 0.5) is 0 Å². The maximum atomic E-state index is 11.4. The number of ether oxygens (including phenoxy) is 3. The second kappa shape index (κ2) is 7.09. The van der Waals surface area contributed by atoms with Crippen LogP contribution in [0.3, 0.4) is 0 Å². The van der Waals surface area contributed by atoms with E-state index < -0.39 is 48.7 Å². The van der Waals surface area contributed by atoms with Gasteiger partial charge in [-0.15, -0.1) is 0 Å². The second-order valence-electron chi connectivity index (χ2n) is 5.74. The van der Waals surface area contributed by atoms with Crippen molar-refractivity contribution in [1.82, 2.24) is 0 Å². The number of aliphatic hydroxyl groups excluding tert-OH is 4. The van der Waals surface area contributed by atoms with Gasteiger partial charge in [0.2, 0.25) is 17.8 Å². The maximum absolute atomic E-state index is 11.4. The highest BCUT2D eigenvalue weighted by Crippen LogP contribution is 2.43. The molecule has 0 saturated carbocycles. The third-order valence-electron chi connectivity index (χ3n) is 4.11. The van der Waals surface area contributed by atoms with E-state index in [2.05, 4.69) is 0 Å². The lowest BCUT2D eigenvalue weighted by Gasteiger charge is -2.39. The summed E-state index contributed by atoms with van der Waals surface area (Å²) >= 11 is 0. The van der Waals surface area contributed by atoms with Gasteiger partial charge in [0.25, 0.3) is 0 Å². The summed E-state index contributed by atoms with van der Waals surface area (Å²) in [5, 5.41) is 49.7. The predicted octanol–water partition coefficient (Wildman–Crippen LogP) is -1.31. The summed E-state index contributed by atoms with van der Waals surface area (Å²) in [5.41, 5.74) is -0.866. The van der Waals surface area contributed by atoms with Crippen molar-refractivity contribution in [2.24, 2.45) is 0 Å². The lowest BCUT2D eigenvalue weighted by Crippen LogP contribution is -2.60. The van der Waals surface area contributed by atoms with Crippen LogP contribution < -0.4 is 15.1 Å². The molecule has 2 heterocycles. The van der Waals surface area contributed by atoms with Crippen LogP contribution in [0.1, 0.15) is 0 Å². The Morgan fingerprint density at radius 2 is 1.88 bits per heavy atom. The molecule has 5 N–H and O–H groups in total. The van der Waals surface area contributed by atoms with E-state index in [1.54, 1.807) is 0 Å². The first kappa shape index (κ1) is 18.4. The van der Waals surface area contributed by atoms with Gasteiger partial charge in [-0.1, -0.05) is 0 Å². The zero-order valence-electron chi connectivity index (χ0n) is 13.6. The Morgan fingerprint density at radius 1 is 1.15 bits per heavy atom. The highest BCUT2D eigenvalue weighted by Gasteiger charge is 2.45. The topological polar surface area (TPSA) is 159 Å². The van der Waals surface area contributed by atoms with E-state index in [-0.39, 0.29) is 17.1 Å².